The van der Waals surface area contributed by atoms with Gasteiger partial charge in [0.05, 0.1) is 12.1 Å². The van der Waals surface area contributed by atoms with Crippen LogP contribution in [0.2, 0.25) is 5.02 Å². The molecule has 0 unspecified atom stereocenters. The molecular formula is C18H21ClN2O3. The second-order valence-corrected chi connectivity index (χ2v) is 5.86. The number of rotatable bonds is 8. The highest BCUT2D eigenvalue weighted by Crippen LogP contribution is 2.36. The molecule has 0 atom stereocenters. The van der Waals surface area contributed by atoms with Gasteiger partial charge in [0.1, 0.15) is 0 Å². The fraction of sp³-hybridized carbons (Fsp3) is 0.278. The maximum Gasteiger partial charge on any atom is 0.255 e. The number of carbonyl (C=O) groups is 1. The fourth-order valence-electron chi connectivity index (χ4n) is 2.22. The summed E-state index contributed by atoms with van der Waals surface area (Å²) in [5.74, 6) is 0.216. The minimum Gasteiger partial charge on any atom is -0.493 e. The van der Waals surface area contributed by atoms with Crippen LogP contribution < -0.4 is 20.5 Å². The molecule has 2 aromatic rings. The third-order valence-electron chi connectivity index (χ3n) is 3.43. The minimum absolute atomic E-state index is 0.249. The molecule has 2 aromatic carbocycles. The van der Waals surface area contributed by atoms with Crippen molar-refractivity contribution in [3.63, 3.8) is 0 Å². The zero-order valence-electron chi connectivity index (χ0n) is 13.8. The topological polar surface area (TPSA) is 73.6 Å². The molecule has 0 spiro atoms. The molecule has 5 nitrogen and oxygen atoms in total. The highest BCUT2D eigenvalue weighted by atomic mass is 35.5. The molecule has 24 heavy (non-hydrogen) atoms. The lowest BCUT2D eigenvalue weighted by atomic mass is 10.1. The average Bonchev–Trinajstić information content (AvgIpc) is 2.55. The smallest absolute Gasteiger partial charge is 0.255 e. The van der Waals surface area contributed by atoms with Gasteiger partial charge in [-0.05, 0) is 30.2 Å². The molecule has 0 bridgehead atoms. The van der Waals surface area contributed by atoms with Gasteiger partial charge in [0.2, 0.25) is 0 Å². The Balaban J connectivity index is 2.01. The zero-order chi connectivity index (χ0) is 17.5. The number of hydrogen-bond donors (Lipinski definition) is 2. The second kappa shape index (κ2) is 8.57. The number of aryl methyl sites for hydroxylation is 1. The summed E-state index contributed by atoms with van der Waals surface area (Å²) in [6.45, 7) is 3.19. The molecular weight excluding hydrogens is 328 g/mol. The fourth-order valence-corrected chi connectivity index (χ4v) is 2.50. The molecule has 0 saturated heterocycles. The lowest BCUT2D eigenvalue weighted by Gasteiger charge is -2.14. The standard InChI is InChI=1S/C18H21ClN2O3/c1-12-3-5-13(6-4-12)9-21-10-14-7-15(19)18(16(8-14)23-2)24-11-17(20)22/h3-8,21H,9-11H2,1-2H3,(H2,20,22). The van der Waals surface area contributed by atoms with E-state index in [4.69, 9.17) is 26.8 Å². The molecule has 0 fully saturated rings. The molecule has 0 aliphatic heterocycles. The first kappa shape index (κ1) is 18.1. The zero-order valence-corrected chi connectivity index (χ0v) is 14.5. The third-order valence-corrected chi connectivity index (χ3v) is 3.71. The number of methoxy groups -OCH3 is 1. The summed E-state index contributed by atoms with van der Waals surface area (Å²) in [4.78, 5) is 10.9. The summed E-state index contributed by atoms with van der Waals surface area (Å²) < 4.78 is 10.6. The van der Waals surface area contributed by atoms with Gasteiger partial charge in [0.15, 0.2) is 18.1 Å². The van der Waals surface area contributed by atoms with Gasteiger partial charge in [-0.25, -0.2) is 0 Å². The van der Waals surface area contributed by atoms with Gasteiger partial charge in [-0.2, -0.15) is 0 Å². The monoisotopic (exact) mass is 348 g/mol. The van der Waals surface area contributed by atoms with Gasteiger partial charge < -0.3 is 20.5 Å². The predicted octanol–water partition coefficient (Wildman–Crippen LogP) is 2.81. The second-order valence-electron chi connectivity index (χ2n) is 5.45. The van der Waals surface area contributed by atoms with E-state index in [-0.39, 0.29) is 6.61 Å². The largest absolute Gasteiger partial charge is 0.493 e. The van der Waals surface area contributed by atoms with Crippen LogP contribution in [0, 0.1) is 6.92 Å². The molecule has 0 radical (unpaired) electrons. The van der Waals surface area contributed by atoms with Crippen molar-refractivity contribution in [1.29, 1.82) is 0 Å². The molecule has 0 aromatic heterocycles. The van der Waals surface area contributed by atoms with E-state index in [9.17, 15) is 4.79 Å². The lowest BCUT2D eigenvalue weighted by molar-refractivity contribution is -0.119. The van der Waals surface area contributed by atoms with Crippen molar-refractivity contribution < 1.29 is 14.3 Å². The normalized spacial score (nSPS) is 10.5. The maximum absolute atomic E-state index is 10.9. The van der Waals surface area contributed by atoms with Crippen LogP contribution in [0.1, 0.15) is 16.7 Å². The number of nitrogens with one attached hydrogen (secondary N) is 1. The number of ether oxygens (including phenoxy) is 2. The van der Waals surface area contributed by atoms with E-state index in [0.717, 1.165) is 12.1 Å². The first-order valence-electron chi connectivity index (χ1n) is 7.53. The van der Waals surface area contributed by atoms with Crippen molar-refractivity contribution in [2.45, 2.75) is 20.0 Å². The Bertz CT molecular complexity index is 702. The Morgan fingerprint density at radius 2 is 1.83 bits per heavy atom. The Kier molecular flexibility index (Phi) is 6.46. The van der Waals surface area contributed by atoms with Crippen molar-refractivity contribution in [2.75, 3.05) is 13.7 Å². The first-order valence-corrected chi connectivity index (χ1v) is 7.91. The van der Waals surface area contributed by atoms with E-state index in [1.807, 2.05) is 6.07 Å². The van der Waals surface area contributed by atoms with Crippen molar-refractivity contribution in [3.05, 3.63) is 58.1 Å². The number of hydrogen-bond acceptors (Lipinski definition) is 4. The molecule has 3 N–H and O–H groups in total. The van der Waals surface area contributed by atoms with Gasteiger partial charge in [-0.1, -0.05) is 41.4 Å². The summed E-state index contributed by atoms with van der Waals surface area (Å²) in [5, 5.41) is 3.73. The SMILES string of the molecule is COc1cc(CNCc2ccc(C)cc2)cc(Cl)c1OCC(N)=O. The summed E-state index contributed by atoms with van der Waals surface area (Å²) in [6, 6.07) is 12.0. The number of amides is 1. The van der Waals surface area contributed by atoms with E-state index in [0.29, 0.717) is 23.1 Å². The van der Waals surface area contributed by atoms with Crippen molar-refractivity contribution >= 4 is 17.5 Å². The van der Waals surface area contributed by atoms with Crippen LogP contribution in [-0.4, -0.2) is 19.6 Å². The highest BCUT2D eigenvalue weighted by molar-refractivity contribution is 6.32. The van der Waals surface area contributed by atoms with Gasteiger partial charge in [-0.3, -0.25) is 4.79 Å². The molecule has 128 valence electrons. The molecule has 0 saturated carbocycles. The van der Waals surface area contributed by atoms with Crippen LogP contribution in [0.25, 0.3) is 0 Å². The number of primary amides is 1. The lowest BCUT2D eigenvalue weighted by Crippen LogP contribution is -2.20. The molecule has 0 heterocycles. The van der Waals surface area contributed by atoms with Crippen molar-refractivity contribution in [1.82, 2.24) is 5.32 Å². The van der Waals surface area contributed by atoms with E-state index < -0.39 is 5.91 Å². The van der Waals surface area contributed by atoms with E-state index >= 15 is 0 Å². The van der Waals surface area contributed by atoms with Gasteiger partial charge >= 0.3 is 0 Å². The maximum atomic E-state index is 10.9. The van der Waals surface area contributed by atoms with Crippen LogP contribution in [0.15, 0.2) is 36.4 Å². The van der Waals surface area contributed by atoms with Crippen LogP contribution in [-0.2, 0) is 17.9 Å². The number of benzene rings is 2. The molecule has 0 aliphatic rings. The molecule has 1 amide bonds. The number of carbonyl (C=O) groups excluding carboxylic acids is 1. The molecule has 6 heteroatoms. The Labute approximate surface area is 146 Å². The minimum atomic E-state index is -0.572. The molecule has 2 rings (SSSR count). The van der Waals surface area contributed by atoms with Crippen molar-refractivity contribution in [3.8, 4) is 11.5 Å². The Morgan fingerprint density at radius 1 is 1.17 bits per heavy atom. The van der Waals surface area contributed by atoms with Gasteiger partial charge in [-0.15, -0.1) is 0 Å². The number of nitrogens with two attached hydrogens (primary N) is 1. The summed E-state index contributed by atoms with van der Waals surface area (Å²) in [6.07, 6.45) is 0. The van der Waals surface area contributed by atoms with Crippen LogP contribution in [0.3, 0.4) is 0 Å². The summed E-state index contributed by atoms with van der Waals surface area (Å²) in [7, 11) is 1.52. The highest BCUT2D eigenvalue weighted by Gasteiger charge is 2.13. The van der Waals surface area contributed by atoms with E-state index in [1.165, 1.54) is 18.2 Å². The van der Waals surface area contributed by atoms with Crippen LogP contribution >= 0.6 is 11.6 Å². The summed E-state index contributed by atoms with van der Waals surface area (Å²) in [5.41, 5.74) is 8.48. The third kappa shape index (κ3) is 5.15. The van der Waals surface area contributed by atoms with Crippen molar-refractivity contribution in [2.24, 2.45) is 5.73 Å². The first-order chi connectivity index (χ1) is 11.5. The quantitative estimate of drug-likeness (QED) is 0.769. The number of halogens is 1. The van der Waals surface area contributed by atoms with E-state index in [2.05, 4.69) is 36.5 Å². The van der Waals surface area contributed by atoms with E-state index in [1.54, 1.807) is 6.07 Å². The van der Waals surface area contributed by atoms with Gasteiger partial charge in [0.25, 0.3) is 5.91 Å². The Hall–Kier alpha value is -2.24. The van der Waals surface area contributed by atoms with Gasteiger partial charge in [0, 0.05) is 13.1 Å². The van der Waals surface area contributed by atoms with Crippen LogP contribution in [0.5, 0.6) is 11.5 Å². The Morgan fingerprint density at radius 3 is 2.46 bits per heavy atom. The summed E-state index contributed by atoms with van der Waals surface area (Å²) >= 11 is 6.23. The van der Waals surface area contributed by atoms with Crippen LogP contribution in [0.4, 0.5) is 0 Å². The molecule has 0 aliphatic carbocycles. The average molecular weight is 349 g/mol. The predicted molar refractivity (Wildman–Crippen MR) is 94.4 cm³/mol.